The molecule has 0 bridgehead atoms. The van der Waals surface area contributed by atoms with Gasteiger partial charge in [-0.05, 0) is 94.0 Å². The number of aromatic nitrogens is 4. The Bertz CT molecular complexity index is 4170. The minimum Gasteiger partial charge on any atom is -0.457 e. The second kappa shape index (κ2) is 15.0. The molecule has 4 heterocycles. The number of nitrogens with zero attached hydrogens (tertiary/aromatic N) is 4. The van der Waals surface area contributed by atoms with Crippen LogP contribution < -0.4 is 4.74 Å². The highest BCUT2D eigenvalue weighted by atomic mass is 32.1. The summed E-state index contributed by atoms with van der Waals surface area (Å²) in [5.74, 6) is 3.57. The van der Waals surface area contributed by atoms with Gasteiger partial charge < -0.3 is 9.30 Å². The summed E-state index contributed by atoms with van der Waals surface area (Å²) in [7, 11) is 0. The zero-order valence-corrected chi connectivity index (χ0v) is 38.4. The summed E-state index contributed by atoms with van der Waals surface area (Å²) in [6.45, 7) is 0. The van der Waals surface area contributed by atoms with Gasteiger partial charge in [0.1, 0.15) is 11.5 Å². The molecule has 0 amide bonds. The van der Waals surface area contributed by atoms with E-state index in [1.165, 1.54) is 47.5 Å². The quantitative estimate of drug-likeness (QED) is 0.173. The van der Waals surface area contributed by atoms with Gasteiger partial charge in [-0.15, -0.1) is 11.3 Å². The number of hydrogen-bond donors (Lipinski definition) is 0. The van der Waals surface area contributed by atoms with Crippen molar-refractivity contribution in [2.75, 3.05) is 0 Å². The van der Waals surface area contributed by atoms with E-state index in [1.807, 2.05) is 47.7 Å². The molecule has 5 nitrogen and oxygen atoms in total. The Kier molecular flexibility index (Phi) is 8.38. The molecule has 326 valence electrons. The van der Waals surface area contributed by atoms with Crippen molar-refractivity contribution in [3.05, 3.63) is 253 Å². The van der Waals surface area contributed by atoms with Crippen molar-refractivity contribution < 1.29 is 4.74 Å². The Hall–Kier alpha value is -8.97. The highest BCUT2D eigenvalue weighted by molar-refractivity contribution is 7.26. The van der Waals surface area contributed by atoms with Gasteiger partial charge in [0.05, 0.1) is 16.4 Å². The molecular weight excluding hydrogens is 873 g/mol. The first-order valence-electron chi connectivity index (χ1n) is 23.7. The first-order valence-corrected chi connectivity index (χ1v) is 24.5. The number of para-hydroxylation sites is 3. The predicted molar refractivity (Wildman–Crippen MR) is 286 cm³/mol. The summed E-state index contributed by atoms with van der Waals surface area (Å²) < 4.78 is 11.8. The lowest BCUT2D eigenvalue weighted by molar-refractivity contribution is 0.436. The molecule has 0 atom stereocenters. The summed E-state index contributed by atoms with van der Waals surface area (Å²) in [6.07, 6.45) is 0. The minimum atomic E-state index is -0.694. The summed E-state index contributed by atoms with van der Waals surface area (Å²) in [4.78, 5) is 15.8. The highest BCUT2D eigenvalue weighted by Gasteiger charge is 2.52. The Morgan fingerprint density at radius 1 is 0.371 bits per heavy atom. The van der Waals surface area contributed by atoms with Crippen LogP contribution in [-0.2, 0) is 5.41 Å². The molecule has 0 radical (unpaired) electrons. The Morgan fingerprint density at radius 2 is 0.957 bits per heavy atom. The van der Waals surface area contributed by atoms with Gasteiger partial charge in [-0.2, -0.15) is 0 Å². The van der Waals surface area contributed by atoms with Gasteiger partial charge >= 0.3 is 0 Å². The average molecular weight is 911 g/mol. The number of ether oxygens (including phenoxy) is 1. The van der Waals surface area contributed by atoms with Crippen LogP contribution in [0.3, 0.4) is 0 Å². The highest BCUT2D eigenvalue weighted by Crippen LogP contribution is 2.63. The van der Waals surface area contributed by atoms with E-state index >= 15 is 0 Å². The van der Waals surface area contributed by atoms with Crippen molar-refractivity contribution in [3.63, 3.8) is 0 Å². The molecule has 1 aliphatic heterocycles. The molecule has 2 aliphatic rings. The maximum atomic E-state index is 6.76. The monoisotopic (exact) mass is 910 g/mol. The van der Waals surface area contributed by atoms with E-state index in [0.717, 1.165) is 72.8 Å². The molecule has 0 N–H and O–H groups in total. The zero-order valence-electron chi connectivity index (χ0n) is 37.5. The normalized spacial score (nSPS) is 13.1. The van der Waals surface area contributed by atoms with Crippen LogP contribution in [0.25, 0.3) is 104 Å². The largest absolute Gasteiger partial charge is 0.457 e. The van der Waals surface area contributed by atoms with Crippen LogP contribution in [0, 0.1) is 0 Å². The smallest absolute Gasteiger partial charge is 0.164 e. The molecule has 70 heavy (non-hydrogen) atoms. The van der Waals surface area contributed by atoms with Crippen molar-refractivity contribution in [3.8, 4) is 73.6 Å². The molecule has 13 aromatic rings. The fourth-order valence-corrected chi connectivity index (χ4v) is 12.7. The first-order chi connectivity index (χ1) is 34.7. The Morgan fingerprint density at radius 3 is 1.69 bits per heavy atom. The number of hydrogen-bond acceptors (Lipinski definition) is 5. The number of thiophene rings is 1. The minimum absolute atomic E-state index is 0.619. The zero-order chi connectivity index (χ0) is 45.9. The maximum Gasteiger partial charge on any atom is 0.164 e. The number of fused-ring (bicyclic) bond motifs is 16. The topological polar surface area (TPSA) is 52.8 Å². The van der Waals surface area contributed by atoms with Crippen LogP contribution in [0.1, 0.15) is 22.3 Å². The second-order valence-corrected chi connectivity index (χ2v) is 19.3. The molecule has 1 aliphatic carbocycles. The molecule has 3 aromatic heterocycles. The van der Waals surface area contributed by atoms with Crippen molar-refractivity contribution in [1.29, 1.82) is 0 Å². The number of rotatable bonds is 5. The summed E-state index contributed by atoms with van der Waals surface area (Å²) in [5, 5.41) is 5.10. The van der Waals surface area contributed by atoms with E-state index in [2.05, 4.69) is 199 Å². The van der Waals surface area contributed by atoms with E-state index in [9.17, 15) is 0 Å². The molecule has 15 rings (SSSR count). The van der Waals surface area contributed by atoms with Gasteiger partial charge in [-0.25, -0.2) is 15.0 Å². The molecular formula is C64H38N4OS. The van der Waals surface area contributed by atoms with E-state index in [1.54, 1.807) is 0 Å². The van der Waals surface area contributed by atoms with Gasteiger partial charge in [0.15, 0.2) is 17.5 Å². The van der Waals surface area contributed by atoms with Crippen molar-refractivity contribution in [2.24, 2.45) is 0 Å². The lowest BCUT2D eigenvalue weighted by atomic mass is 9.66. The third kappa shape index (κ3) is 5.56. The van der Waals surface area contributed by atoms with Crippen LogP contribution in [0.15, 0.2) is 231 Å². The third-order valence-electron chi connectivity index (χ3n) is 14.5. The van der Waals surface area contributed by atoms with Gasteiger partial charge in [0.25, 0.3) is 0 Å². The van der Waals surface area contributed by atoms with Crippen molar-refractivity contribution in [2.45, 2.75) is 5.41 Å². The fourth-order valence-electron chi connectivity index (χ4n) is 11.6. The third-order valence-corrected chi connectivity index (χ3v) is 15.7. The van der Waals surface area contributed by atoms with Gasteiger partial charge in [0, 0.05) is 64.4 Å². The number of benzene rings is 10. The molecule has 0 saturated heterocycles. The molecule has 6 heteroatoms. The van der Waals surface area contributed by atoms with E-state index in [-0.39, 0.29) is 0 Å². The molecule has 1 spiro atoms. The Balaban J connectivity index is 1.02. The van der Waals surface area contributed by atoms with Crippen LogP contribution in [0.4, 0.5) is 0 Å². The molecule has 10 aromatic carbocycles. The second-order valence-electron chi connectivity index (χ2n) is 18.2. The van der Waals surface area contributed by atoms with Crippen LogP contribution in [-0.4, -0.2) is 19.5 Å². The SMILES string of the molecule is c1ccc(-c2nc(-c3ccccc3)nc(-c3cccc4c3-c3cc(-c5ccc6c(c5)c5c7c(ccc5n6-c5ccccc5)sc5ccccc57)ccc3C43c4ccccc4Oc4ccccc43)n2)cc1. The molecule has 0 saturated carbocycles. The fraction of sp³-hybridized carbons (Fsp3) is 0.0156. The van der Waals surface area contributed by atoms with Gasteiger partial charge in [-0.3, -0.25) is 0 Å². The van der Waals surface area contributed by atoms with E-state index in [0.29, 0.717) is 17.5 Å². The van der Waals surface area contributed by atoms with Gasteiger partial charge in [0.2, 0.25) is 0 Å². The summed E-state index contributed by atoms with van der Waals surface area (Å²) >= 11 is 1.86. The Labute approximate surface area is 407 Å². The van der Waals surface area contributed by atoms with E-state index < -0.39 is 5.41 Å². The summed E-state index contributed by atoms with van der Waals surface area (Å²) in [6, 6.07) is 82.5. The van der Waals surface area contributed by atoms with Gasteiger partial charge in [-0.1, -0.05) is 170 Å². The van der Waals surface area contributed by atoms with Crippen molar-refractivity contribution >= 4 is 53.3 Å². The predicted octanol–water partition coefficient (Wildman–Crippen LogP) is 16.5. The lowest BCUT2D eigenvalue weighted by Crippen LogP contribution is -2.32. The average Bonchev–Trinajstić information content (AvgIpc) is 4.07. The van der Waals surface area contributed by atoms with Crippen LogP contribution >= 0.6 is 11.3 Å². The summed E-state index contributed by atoms with van der Waals surface area (Å²) in [5.41, 5.74) is 14.7. The van der Waals surface area contributed by atoms with Crippen molar-refractivity contribution in [1.82, 2.24) is 19.5 Å². The molecule has 0 unspecified atom stereocenters. The maximum absolute atomic E-state index is 6.76. The molecule has 0 fully saturated rings. The van der Waals surface area contributed by atoms with Crippen LogP contribution in [0.5, 0.6) is 11.5 Å². The first kappa shape index (κ1) is 39.1. The standard InChI is InChI=1S/C64H38N4OS/c1-4-17-39(18-5-1)61-65-62(40-19-6-2-7-20-40)67-63(66-61)45-24-16-27-51-58(45)46-37-41(31-33-48(46)64(51)49-25-11-13-28-54(49)69-55-29-14-12-26-50(55)64)42-32-34-52-47(38-42)59-53(68(52)43-21-8-3-9-22-43)35-36-57-60(59)44-23-10-15-30-56(44)70-57/h1-38H. The lowest BCUT2D eigenvalue weighted by Gasteiger charge is -2.39. The van der Waals surface area contributed by atoms with E-state index in [4.69, 9.17) is 19.7 Å². The van der Waals surface area contributed by atoms with Crippen LogP contribution in [0.2, 0.25) is 0 Å².